The minimum Gasteiger partial charge on any atom is -0.440 e. The monoisotopic (exact) mass is 364 g/mol. The summed E-state index contributed by atoms with van der Waals surface area (Å²) in [6.07, 6.45) is 0. The zero-order valence-corrected chi connectivity index (χ0v) is 15.3. The minimum absolute atomic E-state index is 0.384. The van der Waals surface area contributed by atoms with Gasteiger partial charge in [0, 0.05) is 26.5 Å². The molecule has 2 heterocycles. The summed E-state index contributed by atoms with van der Waals surface area (Å²) in [5, 5.41) is 2.01. The van der Waals surface area contributed by atoms with Crippen LogP contribution in [0.25, 0.3) is 0 Å². The highest BCUT2D eigenvalue weighted by molar-refractivity contribution is 7.99. The predicted molar refractivity (Wildman–Crippen MR) is 102 cm³/mol. The van der Waals surface area contributed by atoms with Gasteiger partial charge in [-0.3, -0.25) is 0 Å². The molecule has 0 bridgehead atoms. The highest BCUT2D eigenvalue weighted by Crippen LogP contribution is 2.54. The molecular weight excluding hydrogens is 348 g/mol. The molecule has 0 radical (unpaired) electrons. The summed E-state index contributed by atoms with van der Waals surface area (Å²) in [5.41, 5.74) is 1.44. The molecule has 4 rings (SSSR count). The van der Waals surface area contributed by atoms with Crippen molar-refractivity contribution in [1.82, 2.24) is 0 Å². The van der Waals surface area contributed by atoms with Gasteiger partial charge in [0.25, 0.3) is 0 Å². The van der Waals surface area contributed by atoms with Crippen LogP contribution in [-0.4, -0.2) is 5.97 Å². The summed E-state index contributed by atoms with van der Waals surface area (Å²) in [4.78, 5) is 15.8. The number of carbonyl (C=O) groups is 1. The van der Waals surface area contributed by atoms with Crippen molar-refractivity contribution < 1.29 is 9.53 Å². The molecule has 0 fully saturated rings. The van der Waals surface area contributed by atoms with Gasteiger partial charge in [0.15, 0.2) is 5.60 Å². The van der Waals surface area contributed by atoms with Crippen molar-refractivity contribution in [1.29, 1.82) is 0 Å². The van der Waals surface area contributed by atoms with Crippen LogP contribution in [0.4, 0.5) is 0 Å². The van der Waals surface area contributed by atoms with E-state index in [0.717, 1.165) is 25.8 Å². The molecular formula is C21H16O2S2. The number of ether oxygens (including phenoxy) is 1. The normalized spacial score (nSPS) is 14.3. The Morgan fingerprint density at radius 2 is 1.56 bits per heavy atom. The molecule has 0 unspecified atom stereocenters. The second-order valence-corrected chi connectivity index (χ2v) is 7.95. The van der Waals surface area contributed by atoms with Crippen molar-refractivity contribution in [2.75, 3.05) is 0 Å². The van der Waals surface area contributed by atoms with Crippen molar-refractivity contribution >= 4 is 29.1 Å². The van der Waals surface area contributed by atoms with E-state index in [1.165, 1.54) is 0 Å². The highest BCUT2D eigenvalue weighted by atomic mass is 32.2. The van der Waals surface area contributed by atoms with Gasteiger partial charge in [0.05, 0.1) is 4.88 Å². The molecule has 1 aliphatic rings. The number of carbonyl (C=O) groups excluding carboxylic acids is 1. The fourth-order valence-corrected chi connectivity index (χ4v) is 5.15. The van der Waals surface area contributed by atoms with Gasteiger partial charge < -0.3 is 4.74 Å². The first-order chi connectivity index (χ1) is 12.1. The summed E-state index contributed by atoms with van der Waals surface area (Å²) in [6.45, 7) is 5.45. The topological polar surface area (TPSA) is 26.3 Å². The molecule has 2 aromatic carbocycles. The Kier molecular flexibility index (Phi) is 4.02. The van der Waals surface area contributed by atoms with Gasteiger partial charge in [-0.2, -0.15) is 0 Å². The van der Waals surface area contributed by atoms with Crippen molar-refractivity contribution in [3.8, 4) is 0 Å². The van der Waals surface area contributed by atoms with Gasteiger partial charge in [-0.05, 0) is 30.5 Å². The smallest absolute Gasteiger partial charge is 0.334 e. The maximum Gasteiger partial charge on any atom is 0.334 e. The van der Waals surface area contributed by atoms with Gasteiger partial charge in [0.1, 0.15) is 0 Å². The number of rotatable bonds is 3. The molecule has 0 saturated heterocycles. The van der Waals surface area contributed by atoms with Crippen LogP contribution in [0, 0.1) is 0 Å². The first-order valence-electron chi connectivity index (χ1n) is 7.92. The Morgan fingerprint density at radius 1 is 0.960 bits per heavy atom. The maximum atomic E-state index is 12.6. The summed E-state index contributed by atoms with van der Waals surface area (Å²) in [7, 11) is 0. The lowest BCUT2D eigenvalue weighted by molar-refractivity contribution is -0.148. The Bertz CT molecular complexity index is 912. The third-order valence-corrected chi connectivity index (χ3v) is 6.34. The Labute approximate surface area is 155 Å². The zero-order chi connectivity index (χ0) is 17.4. The van der Waals surface area contributed by atoms with Gasteiger partial charge >= 0.3 is 5.97 Å². The average Bonchev–Trinajstić information content (AvgIpc) is 3.16. The number of thiophene rings is 1. The Morgan fingerprint density at radius 3 is 2.08 bits per heavy atom. The van der Waals surface area contributed by atoms with Crippen LogP contribution in [0.15, 0.2) is 88.0 Å². The lowest BCUT2D eigenvalue weighted by atomic mass is 9.84. The van der Waals surface area contributed by atoms with Crippen molar-refractivity contribution in [3.05, 3.63) is 94.2 Å². The van der Waals surface area contributed by atoms with Crippen molar-refractivity contribution in [2.45, 2.75) is 22.3 Å². The van der Waals surface area contributed by atoms with E-state index >= 15 is 0 Å². The second-order valence-electron chi connectivity index (χ2n) is 5.92. The van der Waals surface area contributed by atoms with Crippen LogP contribution in [0.5, 0.6) is 0 Å². The molecule has 25 heavy (non-hydrogen) atoms. The van der Waals surface area contributed by atoms with E-state index in [4.69, 9.17) is 4.74 Å². The maximum absolute atomic E-state index is 12.6. The first-order valence-corrected chi connectivity index (χ1v) is 9.62. The lowest BCUT2D eigenvalue weighted by Crippen LogP contribution is -2.37. The van der Waals surface area contributed by atoms with E-state index < -0.39 is 5.60 Å². The minimum atomic E-state index is -0.942. The number of fused-ring (bicyclic) bond motifs is 2. The molecule has 0 saturated carbocycles. The highest BCUT2D eigenvalue weighted by Gasteiger charge is 2.47. The summed E-state index contributed by atoms with van der Waals surface area (Å²) < 4.78 is 6.20. The molecule has 4 heteroatoms. The number of hydrogen-bond donors (Lipinski definition) is 0. The summed E-state index contributed by atoms with van der Waals surface area (Å²) in [5.74, 6) is -0.384. The molecule has 124 valence electrons. The van der Waals surface area contributed by atoms with Crippen LogP contribution in [-0.2, 0) is 15.1 Å². The molecule has 0 spiro atoms. The molecule has 0 aliphatic carbocycles. The van der Waals surface area contributed by atoms with E-state index in [2.05, 4.69) is 18.7 Å². The molecule has 1 aromatic heterocycles. The van der Waals surface area contributed by atoms with Crippen molar-refractivity contribution in [3.63, 3.8) is 0 Å². The fraction of sp³-hybridized carbons (Fsp3) is 0.0952. The molecule has 0 N–H and O–H groups in total. The third kappa shape index (κ3) is 2.53. The van der Waals surface area contributed by atoms with Crippen LogP contribution in [0.3, 0.4) is 0 Å². The average molecular weight is 364 g/mol. The fourth-order valence-electron chi connectivity index (χ4n) is 3.09. The van der Waals surface area contributed by atoms with Crippen LogP contribution < -0.4 is 0 Å². The van der Waals surface area contributed by atoms with Gasteiger partial charge in [0.2, 0.25) is 0 Å². The van der Waals surface area contributed by atoms with E-state index in [0.29, 0.717) is 5.57 Å². The van der Waals surface area contributed by atoms with E-state index in [1.807, 2.05) is 53.9 Å². The zero-order valence-electron chi connectivity index (χ0n) is 13.7. The quantitative estimate of drug-likeness (QED) is 0.445. The van der Waals surface area contributed by atoms with E-state index in [9.17, 15) is 4.79 Å². The molecule has 0 amide bonds. The molecule has 3 aromatic rings. The largest absolute Gasteiger partial charge is 0.440 e. The molecule has 1 aliphatic heterocycles. The SMILES string of the molecule is C=C(C)C(=O)OC1(c2cccs2)c2ccccc2Sc2ccccc21. The Hall–Kier alpha value is -2.30. The van der Waals surface area contributed by atoms with Crippen LogP contribution >= 0.6 is 23.1 Å². The molecule has 0 atom stereocenters. The number of benzene rings is 2. The van der Waals surface area contributed by atoms with E-state index in [1.54, 1.807) is 30.0 Å². The predicted octanol–water partition coefficient (Wildman–Crippen LogP) is 5.62. The molecule has 2 nitrogen and oxygen atoms in total. The van der Waals surface area contributed by atoms with Crippen molar-refractivity contribution in [2.24, 2.45) is 0 Å². The third-order valence-electron chi connectivity index (χ3n) is 4.22. The lowest BCUT2D eigenvalue weighted by Gasteiger charge is -2.39. The Balaban J connectivity index is 2.06. The van der Waals surface area contributed by atoms with Gasteiger partial charge in [-0.25, -0.2) is 4.79 Å². The van der Waals surface area contributed by atoms with Gasteiger partial charge in [-0.15, -0.1) is 11.3 Å². The summed E-state index contributed by atoms with van der Waals surface area (Å²) in [6, 6.07) is 20.3. The van der Waals surface area contributed by atoms with E-state index in [-0.39, 0.29) is 5.97 Å². The standard InChI is InChI=1S/C21H16O2S2/c1-14(2)20(22)23-21(19-12-7-13-24-19)15-8-3-5-10-17(15)25-18-11-6-4-9-16(18)21/h3-13H,1H2,2H3. The van der Waals surface area contributed by atoms with Gasteiger partial charge in [-0.1, -0.05) is 60.8 Å². The second kappa shape index (κ2) is 6.21. The number of esters is 1. The summed E-state index contributed by atoms with van der Waals surface area (Å²) >= 11 is 3.30. The number of hydrogen-bond acceptors (Lipinski definition) is 4. The first kappa shape index (κ1) is 16.2. The van der Waals surface area contributed by atoms with Crippen LogP contribution in [0.2, 0.25) is 0 Å². The van der Waals surface area contributed by atoms with Crippen LogP contribution in [0.1, 0.15) is 22.9 Å².